The molecule has 0 aliphatic carbocycles. The van der Waals surface area contributed by atoms with Crippen LogP contribution in [-0.2, 0) is 20.6 Å². The number of hydrogen-bond acceptors (Lipinski definition) is 3. The molecule has 0 atom stereocenters. The molecule has 0 aliphatic rings. The molecule has 7 heteroatoms. The molecule has 0 amide bonds. The Morgan fingerprint density at radius 2 is 1.91 bits per heavy atom. The Bertz CT molecular complexity index is 997. The summed E-state index contributed by atoms with van der Waals surface area (Å²) in [4.78, 5) is 28.6. The van der Waals surface area contributed by atoms with Gasteiger partial charge in [-0.25, -0.2) is 9.78 Å². The number of benzene rings is 1. The van der Waals surface area contributed by atoms with Gasteiger partial charge < -0.3 is 0 Å². The SMILES string of the molecule is Cc1cccc(Cn2c(Br)nc3c(=O)n(C)c(=O)n(C)c32)c1. The Morgan fingerprint density at radius 1 is 1.18 bits per heavy atom. The van der Waals surface area contributed by atoms with Crippen LogP contribution in [-0.4, -0.2) is 18.7 Å². The number of nitrogens with zero attached hydrogens (tertiary/aromatic N) is 4. The van der Waals surface area contributed by atoms with E-state index in [1.165, 1.54) is 11.6 Å². The molecule has 0 unspecified atom stereocenters. The molecule has 0 saturated heterocycles. The van der Waals surface area contributed by atoms with Crippen LogP contribution in [0.5, 0.6) is 0 Å². The predicted octanol–water partition coefficient (Wildman–Crippen LogP) is 1.55. The second-order valence-electron chi connectivity index (χ2n) is 5.33. The van der Waals surface area contributed by atoms with E-state index >= 15 is 0 Å². The summed E-state index contributed by atoms with van der Waals surface area (Å²) in [5.41, 5.74) is 2.28. The van der Waals surface area contributed by atoms with Crippen molar-refractivity contribution in [3.8, 4) is 0 Å². The molecule has 0 aliphatic heterocycles. The zero-order valence-electron chi connectivity index (χ0n) is 12.5. The average molecular weight is 363 g/mol. The standard InChI is InChI=1S/C15H15BrN4O2/c1-9-5-4-6-10(7-9)8-20-12-11(17-14(20)16)13(21)19(3)15(22)18(12)2/h4-7H,8H2,1-3H3. The molecule has 114 valence electrons. The smallest absolute Gasteiger partial charge is 0.300 e. The normalized spacial score (nSPS) is 11.3. The highest BCUT2D eigenvalue weighted by Crippen LogP contribution is 2.18. The van der Waals surface area contributed by atoms with Gasteiger partial charge in [0.25, 0.3) is 5.56 Å². The van der Waals surface area contributed by atoms with Crippen LogP contribution < -0.4 is 11.2 Å². The molecular formula is C15H15BrN4O2. The van der Waals surface area contributed by atoms with Gasteiger partial charge in [-0.2, -0.15) is 0 Å². The molecule has 0 saturated carbocycles. The number of aromatic nitrogens is 4. The molecule has 3 aromatic rings. The number of hydrogen-bond donors (Lipinski definition) is 0. The molecule has 2 aromatic heterocycles. The van der Waals surface area contributed by atoms with Crippen molar-refractivity contribution in [3.05, 3.63) is 61.0 Å². The molecular weight excluding hydrogens is 348 g/mol. The summed E-state index contributed by atoms with van der Waals surface area (Å²) >= 11 is 3.39. The molecule has 6 nitrogen and oxygen atoms in total. The fourth-order valence-corrected chi connectivity index (χ4v) is 3.07. The van der Waals surface area contributed by atoms with Gasteiger partial charge in [0.2, 0.25) is 0 Å². The van der Waals surface area contributed by atoms with Gasteiger partial charge in [-0.3, -0.25) is 18.5 Å². The van der Waals surface area contributed by atoms with Crippen molar-refractivity contribution >= 4 is 27.1 Å². The maximum Gasteiger partial charge on any atom is 0.332 e. The quantitative estimate of drug-likeness (QED) is 0.649. The lowest BCUT2D eigenvalue weighted by molar-refractivity contribution is 0.685. The van der Waals surface area contributed by atoms with E-state index in [0.717, 1.165) is 15.7 Å². The third kappa shape index (κ3) is 2.21. The lowest BCUT2D eigenvalue weighted by Gasteiger charge is -2.10. The van der Waals surface area contributed by atoms with Crippen molar-refractivity contribution in [3.63, 3.8) is 0 Å². The summed E-state index contributed by atoms with van der Waals surface area (Å²) < 4.78 is 4.87. The maximum absolute atomic E-state index is 12.2. The minimum absolute atomic E-state index is 0.282. The van der Waals surface area contributed by atoms with Crippen molar-refractivity contribution in [2.75, 3.05) is 0 Å². The van der Waals surface area contributed by atoms with E-state index in [4.69, 9.17) is 0 Å². The van der Waals surface area contributed by atoms with Crippen LogP contribution in [0.3, 0.4) is 0 Å². The van der Waals surface area contributed by atoms with Crippen LogP contribution in [0.15, 0.2) is 38.6 Å². The first kappa shape index (κ1) is 14.8. The van der Waals surface area contributed by atoms with Gasteiger partial charge in [0.1, 0.15) is 0 Å². The van der Waals surface area contributed by atoms with Crippen molar-refractivity contribution < 1.29 is 0 Å². The Morgan fingerprint density at radius 3 is 2.59 bits per heavy atom. The number of fused-ring (bicyclic) bond motifs is 1. The highest BCUT2D eigenvalue weighted by atomic mass is 79.9. The van der Waals surface area contributed by atoms with E-state index in [2.05, 4.69) is 27.0 Å². The lowest BCUT2D eigenvalue weighted by atomic mass is 10.1. The molecule has 0 radical (unpaired) electrons. The number of imidazole rings is 1. The summed E-state index contributed by atoms with van der Waals surface area (Å²) in [5.74, 6) is 0. The third-order valence-corrected chi connectivity index (χ3v) is 4.32. The zero-order chi connectivity index (χ0) is 16.0. The fourth-order valence-electron chi connectivity index (χ4n) is 2.60. The first-order valence-corrected chi connectivity index (χ1v) is 7.56. The number of aryl methyl sites for hydroxylation is 2. The summed E-state index contributed by atoms with van der Waals surface area (Å²) in [6.45, 7) is 2.55. The first-order chi connectivity index (χ1) is 10.4. The van der Waals surface area contributed by atoms with Crippen LogP contribution in [0.1, 0.15) is 11.1 Å². The summed E-state index contributed by atoms with van der Waals surface area (Å²) in [7, 11) is 3.10. The fraction of sp³-hybridized carbons (Fsp3) is 0.267. The summed E-state index contributed by atoms with van der Waals surface area (Å²) in [6, 6.07) is 8.08. The Kier molecular flexibility index (Phi) is 3.52. The van der Waals surface area contributed by atoms with Gasteiger partial charge in [0.05, 0.1) is 6.54 Å². The van der Waals surface area contributed by atoms with E-state index in [1.54, 1.807) is 7.05 Å². The monoisotopic (exact) mass is 362 g/mol. The third-order valence-electron chi connectivity index (χ3n) is 3.72. The van der Waals surface area contributed by atoms with Crippen molar-refractivity contribution in [2.45, 2.75) is 13.5 Å². The van der Waals surface area contributed by atoms with Gasteiger partial charge in [-0.05, 0) is 28.4 Å². The molecule has 3 rings (SSSR count). The predicted molar refractivity (Wildman–Crippen MR) is 88.2 cm³/mol. The van der Waals surface area contributed by atoms with Crippen molar-refractivity contribution in [1.82, 2.24) is 18.7 Å². The second-order valence-corrected chi connectivity index (χ2v) is 6.04. The molecule has 22 heavy (non-hydrogen) atoms. The highest BCUT2D eigenvalue weighted by molar-refractivity contribution is 9.10. The highest BCUT2D eigenvalue weighted by Gasteiger charge is 2.17. The van der Waals surface area contributed by atoms with Crippen molar-refractivity contribution in [2.24, 2.45) is 14.1 Å². The topological polar surface area (TPSA) is 61.8 Å². The van der Waals surface area contributed by atoms with E-state index in [0.29, 0.717) is 16.9 Å². The minimum atomic E-state index is -0.387. The van der Waals surface area contributed by atoms with Gasteiger partial charge in [0, 0.05) is 14.1 Å². The summed E-state index contributed by atoms with van der Waals surface area (Å²) in [5, 5.41) is 0. The van der Waals surface area contributed by atoms with E-state index in [9.17, 15) is 9.59 Å². The van der Waals surface area contributed by atoms with E-state index in [-0.39, 0.29) is 16.8 Å². The van der Waals surface area contributed by atoms with Gasteiger partial charge in [-0.15, -0.1) is 0 Å². The van der Waals surface area contributed by atoms with Gasteiger partial charge in [-0.1, -0.05) is 29.8 Å². The molecule has 0 N–H and O–H groups in total. The van der Waals surface area contributed by atoms with E-state index < -0.39 is 0 Å². The minimum Gasteiger partial charge on any atom is -0.300 e. The van der Waals surface area contributed by atoms with Crippen LogP contribution in [0.4, 0.5) is 0 Å². The molecule has 0 bridgehead atoms. The molecule has 2 heterocycles. The Hall–Kier alpha value is -2.15. The Balaban J connectivity index is 2.29. The maximum atomic E-state index is 12.2. The van der Waals surface area contributed by atoms with Crippen LogP contribution >= 0.6 is 15.9 Å². The number of rotatable bonds is 2. The van der Waals surface area contributed by atoms with E-state index in [1.807, 2.05) is 29.7 Å². The van der Waals surface area contributed by atoms with Crippen LogP contribution in [0, 0.1) is 6.92 Å². The van der Waals surface area contributed by atoms with Gasteiger partial charge in [0.15, 0.2) is 15.9 Å². The lowest BCUT2D eigenvalue weighted by Crippen LogP contribution is -2.37. The average Bonchev–Trinajstić information content (AvgIpc) is 2.80. The van der Waals surface area contributed by atoms with Crippen LogP contribution in [0.2, 0.25) is 0 Å². The largest absolute Gasteiger partial charge is 0.332 e. The Labute approximate surface area is 134 Å². The van der Waals surface area contributed by atoms with Crippen LogP contribution in [0.25, 0.3) is 11.2 Å². The number of halogens is 1. The zero-order valence-corrected chi connectivity index (χ0v) is 14.1. The van der Waals surface area contributed by atoms with Gasteiger partial charge >= 0.3 is 5.69 Å². The second kappa shape index (κ2) is 5.24. The first-order valence-electron chi connectivity index (χ1n) is 6.77. The molecule has 0 spiro atoms. The van der Waals surface area contributed by atoms with Crippen molar-refractivity contribution in [1.29, 1.82) is 0 Å². The molecule has 1 aromatic carbocycles. The molecule has 0 fully saturated rings. The summed E-state index contributed by atoms with van der Waals surface area (Å²) in [6.07, 6.45) is 0.